The molecule has 1 saturated heterocycles. The van der Waals surface area contributed by atoms with Gasteiger partial charge in [0.15, 0.2) is 0 Å². The first-order valence-corrected chi connectivity index (χ1v) is 6.13. The normalized spacial score (nSPS) is 26.9. The predicted octanol–water partition coefficient (Wildman–Crippen LogP) is 0.591. The summed E-state index contributed by atoms with van der Waals surface area (Å²) in [4.78, 5) is 11.7. The molecule has 1 atom stereocenters. The summed E-state index contributed by atoms with van der Waals surface area (Å²) in [6, 6.07) is -0.0228. The molecule has 0 bridgehead atoms. The Morgan fingerprint density at radius 2 is 2.44 bits per heavy atom. The third-order valence-electron chi connectivity index (χ3n) is 3.09. The van der Waals surface area contributed by atoms with Crippen LogP contribution < -0.4 is 10.6 Å². The molecule has 0 aromatic heterocycles. The lowest BCUT2D eigenvalue weighted by molar-refractivity contribution is -0.122. The van der Waals surface area contributed by atoms with Gasteiger partial charge in [0, 0.05) is 13.1 Å². The zero-order valence-electron chi connectivity index (χ0n) is 9.63. The van der Waals surface area contributed by atoms with Gasteiger partial charge in [0.25, 0.3) is 0 Å². The van der Waals surface area contributed by atoms with E-state index in [2.05, 4.69) is 16.7 Å². The topological polar surface area (TPSA) is 50.4 Å². The smallest absolute Gasteiger partial charge is 0.237 e. The van der Waals surface area contributed by atoms with Gasteiger partial charge in [-0.15, -0.1) is 0 Å². The molecule has 0 aromatic carbocycles. The highest BCUT2D eigenvalue weighted by molar-refractivity contribution is 5.81. The molecule has 0 radical (unpaired) electrons. The first-order valence-electron chi connectivity index (χ1n) is 6.13. The Bertz CT molecular complexity index is 276. The minimum Gasteiger partial charge on any atom is -0.377 e. The molecule has 2 heterocycles. The second-order valence-corrected chi connectivity index (χ2v) is 4.42. The van der Waals surface area contributed by atoms with Crippen molar-refractivity contribution in [2.45, 2.75) is 31.7 Å². The molecule has 2 N–H and O–H groups in total. The van der Waals surface area contributed by atoms with Crippen molar-refractivity contribution >= 4 is 5.91 Å². The van der Waals surface area contributed by atoms with Gasteiger partial charge in [-0.1, -0.05) is 6.08 Å². The SMILES string of the molecule is O=C1NCCCCC1NCC1=CCCOC1. The minimum absolute atomic E-state index is 0.0228. The minimum atomic E-state index is -0.0228. The van der Waals surface area contributed by atoms with E-state index < -0.39 is 0 Å². The average molecular weight is 224 g/mol. The van der Waals surface area contributed by atoms with Gasteiger partial charge in [-0.2, -0.15) is 0 Å². The quantitative estimate of drug-likeness (QED) is 0.690. The summed E-state index contributed by atoms with van der Waals surface area (Å²) in [6.45, 7) is 3.13. The lowest BCUT2D eigenvalue weighted by Gasteiger charge is -2.18. The zero-order chi connectivity index (χ0) is 11.2. The van der Waals surface area contributed by atoms with Crippen molar-refractivity contribution in [2.24, 2.45) is 0 Å². The maximum absolute atomic E-state index is 11.7. The van der Waals surface area contributed by atoms with Crippen molar-refractivity contribution in [1.29, 1.82) is 0 Å². The Balaban J connectivity index is 1.79. The van der Waals surface area contributed by atoms with Crippen LogP contribution in [0.1, 0.15) is 25.7 Å². The van der Waals surface area contributed by atoms with Crippen molar-refractivity contribution in [3.8, 4) is 0 Å². The molecule has 1 amide bonds. The Labute approximate surface area is 96.4 Å². The number of nitrogens with one attached hydrogen (secondary N) is 2. The van der Waals surface area contributed by atoms with E-state index in [9.17, 15) is 4.79 Å². The molecule has 0 spiro atoms. The number of ether oxygens (including phenoxy) is 1. The molecule has 4 heteroatoms. The molecular weight excluding hydrogens is 204 g/mol. The van der Waals surface area contributed by atoms with Gasteiger partial charge < -0.3 is 15.4 Å². The molecule has 2 aliphatic rings. The van der Waals surface area contributed by atoms with Crippen LogP contribution in [0.4, 0.5) is 0 Å². The summed E-state index contributed by atoms with van der Waals surface area (Å²) in [6.07, 6.45) is 6.36. The average Bonchev–Trinajstić information content (AvgIpc) is 2.53. The van der Waals surface area contributed by atoms with Crippen molar-refractivity contribution in [1.82, 2.24) is 10.6 Å². The Morgan fingerprint density at radius 3 is 3.25 bits per heavy atom. The summed E-state index contributed by atoms with van der Waals surface area (Å²) >= 11 is 0. The fourth-order valence-corrected chi connectivity index (χ4v) is 2.12. The van der Waals surface area contributed by atoms with Crippen LogP contribution in [0.15, 0.2) is 11.6 Å². The summed E-state index contributed by atoms with van der Waals surface area (Å²) < 4.78 is 5.36. The van der Waals surface area contributed by atoms with E-state index in [1.54, 1.807) is 0 Å². The van der Waals surface area contributed by atoms with Crippen LogP contribution in [-0.2, 0) is 9.53 Å². The Kier molecular flexibility index (Phi) is 4.36. The van der Waals surface area contributed by atoms with Crippen LogP contribution in [0.25, 0.3) is 0 Å². The third-order valence-corrected chi connectivity index (χ3v) is 3.09. The zero-order valence-corrected chi connectivity index (χ0v) is 9.63. The van der Waals surface area contributed by atoms with E-state index >= 15 is 0 Å². The molecule has 4 nitrogen and oxygen atoms in total. The second kappa shape index (κ2) is 6.01. The van der Waals surface area contributed by atoms with Gasteiger partial charge in [0.2, 0.25) is 5.91 Å². The molecule has 1 fully saturated rings. The van der Waals surface area contributed by atoms with Gasteiger partial charge in [0.05, 0.1) is 19.3 Å². The van der Waals surface area contributed by atoms with Gasteiger partial charge in [-0.05, 0) is 31.3 Å². The largest absolute Gasteiger partial charge is 0.377 e. The third kappa shape index (κ3) is 3.32. The van der Waals surface area contributed by atoms with E-state index in [0.29, 0.717) is 6.61 Å². The monoisotopic (exact) mass is 224 g/mol. The van der Waals surface area contributed by atoms with Crippen molar-refractivity contribution in [3.05, 3.63) is 11.6 Å². The highest BCUT2D eigenvalue weighted by Gasteiger charge is 2.20. The van der Waals surface area contributed by atoms with E-state index in [-0.39, 0.29) is 11.9 Å². The first kappa shape index (κ1) is 11.6. The molecule has 0 saturated carbocycles. The molecule has 1 unspecified atom stereocenters. The van der Waals surface area contributed by atoms with Gasteiger partial charge in [0.1, 0.15) is 0 Å². The van der Waals surface area contributed by atoms with Crippen molar-refractivity contribution < 1.29 is 9.53 Å². The van der Waals surface area contributed by atoms with Gasteiger partial charge >= 0.3 is 0 Å². The van der Waals surface area contributed by atoms with Gasteiger partial charge in [-0.25, -0.2) is 0 Å². The van der Waals surface area contributed by atoms with Crippen LogP contribution in [0.5, 0.6) is 0 Å². The lowest BCUT2D eigenvalue weighted by atomic mass is 10.1. The number of rotatable bonds is 3. The Hall–Kier alpha value is -0.870. The summed E-state index contributed by atoms with van der Waals surface area (Å²) in [5.41, 5.74) is 1.27. The molecule has 2 aliphatic heterocycles. The van der Waals surface area contributed by atoms with Gasteiger partial charge in [-0.3, -0.25) is 4.79 Å². The van der Waals surface area contributed by atoms with E-state index in [1.807, 2.05) is 0 Å². The predicted molar refractivity (Wildman–Crippen MR) is 62.2 cm³/mol. The number of hydrogen-bond donors (Lipinski definition) is 2. The number of carbonyl (C=O) groups is 1. The fraction of sp³-hybridized carbons (Fsp3) is 0.750. The second-order valence-electron chi connectivity index (χ2n) is 4.42. The molecule has 16 heavy (non-hydrogen) atoms. The maximum Gasteiger partial charge on any atom is 0.237 e. The van der Waals surface area contributed by atoms with Crippen LogP contribution >= 0.6 is 0 Å². The molecule has 2 rings (SSSR count). The lowest BCUT2D eigenvalue weighted by Crippen LogP contribution is -2.43. The first-order chi connectivity index (χ1) is 7.86. The van der Waals surface area contributed by atoms with Crippen LogP contribution in [-0.4, -0.2) is 38.3 Å². The summed E-state index contributed by atoms with van der Waals surface area (Å²) in [5.74, 6) is 0.148. The summed E-state index contributed by atoms with van der Waals surface area (Å²) in [5, 5.41) is 6.25. The van der Waals surface area contributed by atoms with Crippen LogP contribution in [0.2, 0.25) is 0 Å². The van der Waals surface area contributed by atoms with Crippen molar-refractivity contribution in [3.63, 3.8) is 0 Å². The highest BCUT2D eigenvalue weighted by atomic mass is 16.5. The standard InChI is InChI=1S/C12H20N2O2/c15-12-11(5-1-2-6-13-12)14-8-10-4-3-7-16-9-10/h4,11,14H,1-3,5-9H2,(H,13,15). The molecule has 0 aromatic rings. The van der Waals surface area contributed by atoms with E-state index in [1.165, 1.54) is 5.57 Å². The van der Waals surface area contributed by atoms with E-state index in [0.717, 1.165) is 45.4 Å². The summed E-state index contributed by atoms with van der Waals surface area (Å²) in [7, 11) is 0. The van der Waals surface area contributed by atoms with Crippen LogP contribution in [0.3, 0.4) is 0 Å². The number of carbonyl (C=O) groups excluding carboxylic acids is 1. The number of amides is 1. The fourth-order valence-electron chi connectivity index (χ4n) is 2.12. The molecule has 90 valence electrons. The van der Waals surface area contributed by atoms with E-state index in [4.69, 9.17) is 4.74 Å². The highest BCUT2D eigenvalue weighted by Crippen LogP contribution is 2.08. The van der Waals surface area contributed by atoms with Crippen molar-refractivity contribution in [2.75, 3.05) is 26.3 Å². The Morgan fingerprint density at radius 1 is 1.50 bits per heavy atom. The number of hydrogen-bond acceptors (Lipinski definition) is 3. The molecule has 0 aliphatic carbocycles. The molecular formula is C12H20N2O2. The van der Waals surface area contributed by atoms with Crippen LogP contribution in [0, 0.1) is 0 Å². The maximum atomic E-state index is 11.7.